The van der Waals surface area contributed by atoms with Crippen molar-refractivity contribution in [3.63, 3.8) is 0 Å². The average Bonchev–Trinajstić information content (AvgIpc) is 3.29. The molecule has 1 aliphatic rings. The fourth-order valence-electron chi connectivity index (χ4n) is 3.27. The van der Waals surface area contributed by atoms with Gasteiger partial charge in [0.1, 0.15) is 0 Å². The maximum Gasteiger partial charge on any atom is 0.416 e. The summed E-state index contributed by atoms with van der Waals surface area (Å²) in [5.41, 5.74) is 0.936. The third-order valence-corrected chi connectivity index (χ3v) is 4.82. The SMILES string of the molecule is O=C(Nc1cc(C(F)(F)F)ccc1N1CCOCC1)c1ccc(-n2cccn2)cc1. The second-order valence-electron chi connectivity index (χ2n) is 6.78. The van der Waals surface area contributed by atoms with Crippen LogP contribution in [0.5, 0.6) is 0 Å². The maximum absolute atomic E-state index is 13.2. The summed E-state index contributed by atoms with van der Waals surface area (Å²) in [6, 6.07) is 11.8. The molecule has 0 bridgehead atoms. The molecular weight excluding hydrogens is 397 g/mol. The van der Waals surface area contributed by atoms with Gasteiger partial charge in [-0.1, -0.05) is 0 Å². The standard InChI is InChI=1S/C21H19F3N4O2/c22-21(23,24)16-4-7-19(27-10-12-30-13-11-27)18(14-16)26-20(29)15-2-5-17(6-3-15)28-9-1-8-25-28/h1-9,14H,10-13H2,(H,26,29). The van der Waals surface area contributed by atoms with E-state index in [1.54, 1.807) is 47.4 Å². The number of alkyl halides is 3. The third-order valence-electron chi connectivity index (χ3n) is 4.82. The molecule has 1 saturated heterocycles. The average molecular weight is 416 g/mol. The Labute approximate surface area is 170 Å². The molecule has 0 atom stereocenters. The highest BCUT2D eigenvalue weighted by molar-refractivity contribution is 6.06. The fraction of sp³-hybridized carbons (Fsp3) is 0.238. The normalized spacial score (nSPS) is 14.6. The summed E-state index contributed by atoms with van der Waals surface area (Å²) in [7, 11) is 0. The summed E-state index contributed by atoms with van der Waals surface area (Å²) in [6.45, 7) is 2.02. The lowest BCUT2D eigenvalue weighted by Gasteiger charge is -2.31. The minimum Gasteiger partial charge on any atom is -0.378 e. The largest absolute Gasteiger partial charge is 0.416 e. The Kier molecular flexibility index (Phi) is 5.45. The first-order chi connectivity index (χ1) is 14.4. The minimum atomic E-state index is -4.51. The molecule has 0 saturated carbocycles. The lowest BCUT2D eigenvalue weighted by molar-refractivity contribution is -0.137. The van der Waals surface area contributed by atoms with Crippen LogP contribution < -0.4 is 10.2 Å². The molecule has 156 valence electrons. The number of aromatic nitrogens is 2. The monoisotopic (exact) mass is 416 g/mol. The van der Waals surface area contributed by atoms with Crippen molar-refractivity contribution >= 4 is 17.3 Å². The first-order valence-electron chi connectivity index (χ1n) is 9.37. The highest BCUT2D eigenvalue weighted by atomic mass is 19.4. The molecule has 1 N–H and O–H groups in total. The van der Waals surface area contributed by atoms with Crippen molar-refractivity contribution in [3.8, 4) is 5.69 Å². The van der Waals surface area contributed by atoms with Crippen LogP contribution in [0.3, 0.4) is 0 Å². The molecule has 3 aromatic rings. The summed E-state index contributed by atoms with van der Waals surface area (Å²) in [4.78, 5) is 14.7. The Bertz CT molecular complexity index is 1010. The van der Waals surface area contributed by atoms with Gasteiger partial charge in [-0.2, -0.15) is 18.3 Å². The van der Waals surface area contributed by atoms with Gasteiger partial charge >= 0.3 is 6.18 Å². The Morgan fingerprint density at radius 2 is 1.80 bits per heavy atom. The van der Waals surface area contributed by atoms with Crippen LogP contribution >= 0.6 is 0 Å². The number of amides is 1. The Morgan fingerprint density at radius 3 is 2.43 bits per heavy atom. The van der Waals surface area contributed by atoms with E-state index in [0.717, 1.165) is 17.8 Å². The van der Waals surface area contributed by atoms with Gasteiger partial charge in [-0.25, -0.2) is 4.68 Å². The lowest BCUT2D eigenvalue weighted by Crippen LogP contribution is -2.36. The quantitative estimate of drug-likeness (QED) is 0.699. The van der Waals surface area contributed by atoms with Gasteiger partial charge in [0.05, 0.1) is 35.8 Å². The molecule has 1 amide bonds. The predicted molar refractivity (Wildman–Crippen MR) is 106 cm³/mol. The Balaban J connectivity index is 1.60. The molecule has 6 nitrogen and oxygen atoms in total. The van der Waals surface area contributed by atoms with Crippen LogP contribution in [0, 0.1) is 0 Å². The molecule has 2 aromatic carbocycles. The molecule has 2 heterocycles. The van der Waals surface area contributed by atoms with Crippen molar-refractivity contribution in [2.45, 2.75) is 6.18 Å². The smallest absolute Gasteiger partial charge is 0.378 e. The molecule has 0 spiro atoms. The van der Waals surface area contributed by atoms with Gasteiger partial charge in [0, 0.05) is 31.0 Å². The highest BCUT2D eigenvalue weighted by Gasteiger charge is 2.32. The van der Waals surface area contributed by atoms with E-state index in [9.17, 15) is 18.0 Å². The van der Waals surface area contributed by atoms with Crippen LogP contribution in [-0.4, -0.2) is 42.0 Å². The van der Waals surface area contributed by atoms with Crippen molar-refractivity contribution < 1.29 is 22.7 Å². The van der Waals surface area contributed by atoms with Crippen molar-refractivity contribution in [3.05, 3.63) is 72.1 Å². The van der Waals surface area contributed by atoms with Crippen molar-refractivity contribution in [2.75, 3.05) is 36.5 Å². The zero-order chi connectivity index (χ0) is 21.1. The maximum atomic E-state index is 13.2. The van der Waals surface area contributed by atoms with Gasteiger partial charge in [-0.3, -0.25) is 4.79 Å². The van der Waals surface area contributed by atoms with Crippen LogP contribution in [0.1, 0.15) is 15.9 Å². The number of rotatable bonds is 4. The number of ether oxygens (including phenoxy) is 1. The van der Waals surface area contributed by atoms with E-state index in [1.165, 1.54) is 6.07 Å². The van der Waals surface area contributed by atoms with Crippen LogP contribution in [0.25, 0.3) is 5.69 Å². The summed E-state index contributed by atoms with van der Waals surface area (Å²) < 4.78 is 46.6. The van der Waals surface area contributed by atoms with E-state index in [2.05, 4.69) is 10.4 Å². The summed E-state index contributed by atoms with van der Waals surface area (Å²) in [5.74, 6) is -0.490. The first-order valence-corrected chi connectivity index (χ1v) is 9.37. The molecule has 0 aliphatic carbocycles. The number of halogens is 3. The molecule has 1 aromatic heterocycles. The topological polar surface area (TPSA) is 59.4 Å². The van der Waals surface area contributed by atoms with Crippen LogP contribution in [0.2, 0.25) is 0 Å². The van der Waals surface area contributed by atoms with Crippen LogP contribution in [0.4, 0.5) is 24.5 Å². The highest BCUT2D eigenvalue weighted by Crippen LogP contribution is 2.36. The molecular formula is C21H19F3N4O2. The molecule has 30 heavy (non-hydrogen) atoms. The van der Waals surface area contributed by atoms with E-state index < -0.39 is 17.6 Å². The second kappa shape index (κ2) is 8.19. The Hall–Kier alpha value is -3.33. The number of nitrogens with one attached hydrogen (secondary N) is 1. The number of anilines is 2. The fourth-order valence-corrected chi connectivity index (χ4v) is 3.27. The van der Waals surface area contributed by atoms with Gasteiger partial charge in [-0.05, 0) is 48.5 Å². The van der Waals surface area contributed by atoms with Crippen LogP contribution in [0.15, 0.2) is 60.9 Å². The van der Waals surface area contributed by atoms with E-state index >= 15 is 0 Å². The van der Waals surface area contributed by atoms with Crippen molar-refractivity contribution in [1.82, 2.24) is 9.78 Å². The number of nitrogens with zero attached hydrogens (tertiary/aromatic N) is 3. The van der Waals surface area contributed by atoms with E-state index in [-0.39, 0.29) is 5.69 Å². The zero-order valence-electron chi connectivity index (χ0n) is 15.9. The number of carbonyl (C=O) groups is 1. The second-order valence-corrected chi connectivity index (χ2v) is 6.78. The van der Waals surface area contributed by atoms with Crippen molar-refractivity contribution in [2.24, 2.45) is 0 Å². The molecule has 9 heteroatoms. The van der Waals surface area contributed by atoms with Gasteiger partial charge < -0.3 is 15.0 Å². The summed E-state index contributed by atoms with van der Waals surface area (Å²) in [6.07, 6.45) is -1.10. The van der Waals surface area contributed by atoms with Gasteiger partial charge in [0.15, 0.2) is 0 Å². The van der Waals surface area contributed by atoms with E-state index in [4.69, 9.17) is 4.74 Å². The molecule has 1 fully saturated rings. The Morgan fingerprint density at radius 1 is 1.07 bits per heavy atom. The third kappa shape index (κ3) is 4.30. The molecule has 0 radical (unpaired) electrons. The zero-order valence-corrected chi connectivity index (χ0v) is 15.9. The number of benzene rings is 2. The molecule has 4 rings (SSSR count). The van der Waals surface area contributed by atoms with Crippen molar-refractivity contribution in [1.29, 1.82) is 0 Å². The van der Waals surface area contributed by atoms with E-state index in [0.29, 0.717) is 37.6 Å². The van der Waals surface area contributed by atoms with Gasteiger partial charge in [-0.15, -0.1) is 0 Å². The molecule has 0 unspecified atom stereocenters. The number of morpholine rings is 1. The van der Waals surface area contributed by atoms with Gasteiger partial charge in [0.25, 0.3) is 5.91 Å². The number of hydrogen-bond acceptors (Lipinski definition) is 4. The predicted octanol–water partition coefficient (Wildman–Crippen LogP) is 3.98. The van der Waals surface area contributed by atoms with Crippen LogP contribution in [-0.2, 0) is 10.9 Å². The van der Waals surface area contributed by atoms with E-state index in [1.807, 2.05) is 4.90 Å². The number of hydrogen-bond donors (Lipinski definition) is 1. The first kappa shape index (κ1) is 20.0. The summed E-state index contributed by atoms with van der Waals surface area (Å²) in [5, 5.41) is 6.77. The lowest BCUT2D eigenvalue weighted by atomic mass is 10.1. The minimum absolute atomic E-state index is 0.118. The van der Waals surface area contributed by atoms with Gasteiger partial charge in [0.2, 0.25) is 0 Å². The molecule has 1 aliphatic heterocycles. The number of carbonyl (C=O) groups excluding carboxylic acids is 1. The summed E-state index contributed by atoms with van der Waals surface area (Å²) >= 11 is 0.